The van der Waals surface area contributed by atoms with Crippen molar-refractivity contribution < 1.29 is 4.74 Å². The number of nitrogens with one attached hydrogen (secondary N) is 1. The van der Waals surface area contributed by atoms with Crippen LogP contribution in [0.15, 0.2) is 4.99 Å². The first-order valence-electron chi connectivity index (χ1n) is 5.35. The Balaban J connectivity index is 1.89. The first-order valence-corrected chi connectivity index (χ1v) is 6.23. The highest BCUT2D eigenvalue weighted by Gasteiger charge is 2.13. The molecule has 4 heteroatoms. The summed E-state index contributed by atoms with van der Waals surface area (Å²) in [5.41, 5.74) is 0. The van der Waals surface area contributed by atoms with Gasteiger partial charge < -0.3 is 10.1 Å². The van der Waals surface area contributed by atoms with Crippen LogP contribution in [0.2, 0.25) is 0 Å². The van der Waals surface area contributed by atoms with E-state index >= 15 is 0 Å². The van der Waals surface area contributed by atoms with Gasteiger partial charge in [-0.05, 0) is 6.42 Å². The number of amidine groups is 1. The maximum atomic E-state index is 5.43. The van der Waals surface area contributed by atoms with Gasteiger partial charge in [-0.1, -0.05) is 32.0 Å². The lowest BCUT2D eigenvalue weighted by Gasteiger charge is -2.06. The molecule has 0 aromatic carbocycles. The zero-order valence-corrected chi connectivity index (χ0v) is 9.90. The van der Waals surface area contributed by atoms with Crippen LogP contribution in [0.4, 0.5) is 0 Å². The first-order chi connectivity index (χ1) is 6.83. The summed E-state index contributed by atoms with van der Waals surface area (Å²) < 4.78 is 5.43. The van der Waals surface area contributed by atoms with Crippen LogP contribution in [-0.2, 0) is 4.74 Å². The average Bonchev–Trinajstić information content (AvgIpc) is 2.58. The van der Waals surface area contributed by atoms with Crippen molar-refractivity contribution in [3.63, 3.8) is 0 Å². The minimum Gasteiger partial charge on any atom is -0.380 e. The number of hydrogen-bond donors (Lipinski definition) is 1. The molecule has 3 nitrogen and oxygen atoms in total. The quantitative estimate of drug-likeness (QED) is 0.688. The van der Waals surface area contributed by atoms with Crippen molar-refractivity contribution in [3.8, 4) is 0 Å². The Bertz CT molecular complexity index is 185. The number of ether oxygens (including phenoxy) is 1. The monoisotopic (exact) mass is 216 g/mol. The van der Waals surface area contributed by atoms with Gasteiger partial charge >= 0.3 is 0 Å². The molecule has 0 bridgehead atoms. The van der Waals surface area contributed by atoms with Gasteiger partial charge in [-0.3, -0.25) is 4.99 Å². The topological polar surface area (TPSA) is 33.6 Å². The Morgan fingerprint density at radius 1 is 1.57 bits per heavy atom. The SMILES string of the molecule is CCCCOCCNC1=NCC(C)S1. The van der Waals surface area contributed by atoms with Crippen LogP contribution in [0.25, 0.3) is 0 Å². The fourth-order valence-electron chi connectivity index (χ4n) is 1.15. The molecule has 0 aromatic heterocycles. The third-order valence-corrected chi connectivity index (χ3v) is 3.02. The van der Waals surface area contributed by atoms with E-state index in [1.54, 1.807) is 0 Å². The zero-order valence-electron chi connectivity index (χ0n) is 9.08. The van der Waals surface area contributed by atoms with Crippen molar-refractivity contribution in [1.82, 2.24) is 5.32 Å². The number of unbranched alkanes of at least 4 members (excludes halogenated alkanes) is 1. The molecular weight excluding hydrogens is 196 g/mol. The number of hydrogen-bond acceptors (Lipinski definition) is 4. The van der Waals surface area contributed by atoms with Crippen LogP contribution in [-0.4, -0.2) is 36.7 Å². The number of thioether (sulfide) groups is 1. The maximum absolute atomic E-state index is 5.43. The van der Waals surface area contributed by atoms with E-state index < -0.39 is 0 Å². The summed E-state index contributed by atoms with van der Waals surface area (Å²) in [6.45, 7) is 7.86. The highest BCUT2D eigenvalue weighted by Crippen LogP contribution is 2.17. The van der Waals surface area contributed by atoms with Gasteiger partial charge in [0.05, 0.1) is 13.2 Å². The van der Waals surface area contributed by atoms with Crippen molar-refractivity contribution in [2.75, 3.05) is 26.3 Å². The van der Waals surface area contributed by atoms with Crippen LogP contribution >= 0.6 is 11.8 Å². The summed E-state index contributed by atoms with van der Waals surface area (Å²) in [5.74, 6) is 0. The Morgan fingerprint density at radius 3 is 3.07 bits per heavy atom. The highest BCUT2D eigenvalue weighted by atomic mass is 32.2. The second kappa shape index (κ2) is 7.12. The number of aliphatic imine (C=N–C) groups is 1. The molecule has 14 heavy (non-hydrogen) atoms. The smallest absolute Gasteiger partial charge is 0.156 e. The standard InChI is InChI=1S/C10H20N2OS/c1-3-4-6-13-7-5-11-10-12-8-9(2)14-10/h9H,3-8H2,1-2H3,(H,11,12). The summed E-state index contributed by atoms with van der Waals surface area (Å²) >= 11 is 1.82. The molecule has 0 aliphatic carbocycles. The van der Waals surface area contributed by atoms with E-state index in [0.29, 0.717) is 5.25 Å². The van der Waals surface area contributed by atoms with Gasteiger partial charge in [0.25, 0.3) is 0 Å². The highest BCUT2D eigenvalue weighted by molar-refractivity contribution is 8.14. The van der Waals surface area contributed by atoms with Crippen LogP contribution in [0, 0.1) is 0 Å². The van der Waals surface area contributed by atoms with E-state index in [1.807, 2.05) is 11.8 Å². The Hall–Kier alpha value is -0.220. The Kier molecular flexibility index (Phi) is 6.03. The van der Waals surface area contributed by atoms with Crippen molar-refractivity contribution in [1.29, 1.82) is 0 Å². The summed E-state index contributed by atoms with van der Waals surface area (Å²) in [6.07, 6.45) is 2.36. The van der Waals surface area contributed by atoms with E-state index in [4.69, 9.17) is 4.74 Å². The molecule has 0 fully saturated rings. The molecule has 1 aliphatic rings. The molecule has 0 saturated carbocycles. The molecule has 1 heterocycles. The molecule has 1 rings (SSSR count). The molecule has 0 amide bonds. The van der Waals surface area contributed by atoms with Gasteiger partial charge in [-0.2, -0.15) is 0 Å². The van der Waals surface area contributed by atoms with E-state index in [2.05, 4.69) is 24.2 Å². The molecule has 0 spiro atoms. The molecular formula is C10H20N2OS. The lowest BCUT2D eigenvalue weighted by atomic mass is 10.4. The molecule has 1 unspecified atom stereocenters. The second-order valence-corrected chi connectivity index (χ2v) is 4.89. The summed E-state index contributed by atoms with van der Waals surface area (Å²) in [6, 6.07) is 0. The molecule has 1 aliphatic heterocycles. The zero-order chi connectivity index (χ0) is 10.2. The average molecular weight is 216 g/mol. The molecule has 1 N–H and O–H groups in total. The number of rotatable bonds is 6. The van der Waals surface area contributed by atoms with E-state index in [1.165, 1.54) is 6.42 Å². The lowest BCUT2D eigenvalue weighted by molar-refractivity contribution is 0.136. The Morgan fingerprint density at radius 2 is 2.43 bits per heavy atom. The van der Waals surface area contributed by atoms with E-state index in [9.17, 15) is 0 Å². The van der Waals surface area contributed by atoms with Gasteiger partial charge in [0.2, 0.25) is 0 Å². The van der Waals surface area contributed by atoms with Crippen molar-refractivity contribution in [3.05, 3.63) is 0 Å². The molecule has 82 valence electrons. The van der Waals surface area contributed by atoms with Gasteiger partial charge in [-0.25, -0.2) is 0 Å². The van der Waals surface area contributed by atoms with Crippen LogP contribution in [0.5, 0.6) is 0 Å². The van der Waals surface area contributed by atoms with Gasteiger partial charge in [-0.15, -0.1) is 0 Å². The molecule has 1 atom stereocenters. The largest absolute Gasteiger partial charge is 0.380 e. The van der Waals surface area contributed by atoms with E-state index in [0.717, 1.165) is 37.9 Å². The summed E-state index contributed by atoms with van der Waals surface area (Å²) in [5, 5.41) is 4.99. The van der Waals surface area contributed by atoms with Gasteiger partial charge in [0, 0.05) is 18.4 Å². The van der Waals surface area contributed by atoms with E-state index in [-0.39, 0.29) is 0 Å². The third kappa shape index (κ3) is 4.86. The molecule has 0 radical (unpaired) electrons. The van der Waals surface area contributed by atoms with Crippen molar-refractivity contribution >= 4 is 16.9 Å². The van der Waals surface area contributed by atoms with Crippen molar-refractivity contribution in [2.24, 2.45) is 4.99 Å². The van der Waals surface area contributed by atoms with Gasteiger partial charge in [0.1, 0.15) is 0 Å². The normalized spacial score (nSPS) is 21.0. The van der Waals surface area contributed by atoms with Gasteiger partial charge in [0.15, 0.2) is 5.17 Å². The number of nitrogens with zero attached hydrogens (tertiary/aromatic N) is 1. The first kappa shape index (κ1) is 11.9. The van der Waals surface area contributed by atoms with Crippen LogP contribution in [0.1, 0.15) is 26.7 Å². The fraction of sp³-hybridized carbons (Fsp3) is 0.900. The lowest BCUT2D eigenvalue weighted by Crippen LogP contribution is -2.24. The van der Waals surface area contributed by atoms with Crippen molar-refractivity contribution in [2.45, 2.75) is 31.9 Å². The summed E-state index contributed by atoms with van der Waals surface area (Å²) in [4.78, 5) is 4.36. The minimum atomic E-state index is 0.638. The fourth-order valence-corrected chi connectivity index (χ4v) is 2.02. The minimum absolute atomic E-state index is 0.638. The second-order valence-electron chi connectivity index (χ2n) is 3.47. The Labute approximate surface area is 90.7 Å². The molecule has 0 saturated heterocycles. The summed E-state index contributed by atoms with van der Waals surface area (Å²) in [7, 11) is 0. The predicted molar refractivity (Wildman–Crippen MR) is 63.1 cm³/mol. The van der Waals surface area contributed by atoms with Crippen LogP contribution < -0.4 is 5.32 Å². The molecule has 0 aromatic rings. The maximum Gasteiger partial charge on any atom is 0.156 e. The van der Waals surface area contributed by atoms with Crippen LogP contribution in [0.3, 0.4) is 0 Å². The third-order valence-electron chi connectivity index (χ3n) is 1.97. The predicted octanol–water partition coefficient (Wildman–Crippen LogP) is 1.88.